The predicted octanol–water partition coefficient (Wildman–Crippen LogP) is 3.01. The Morgan fingerprint density at radius 1 is 1.46 bits per heavy atom. The summed E-state index contributed by atoms with van der Waals surface area (Å²) in [5, 5.41) is 2.08. The van der Waals surface area contributed by atoms with Crippen molar-refractivity contribution < 1.29 is 9.53 Å². The molecule has 0 aliphatic rings. The SMILES string of the molecule is CC(C)(C)OC=O.Cc1cccs1. The van der Waals surface area contributed by atoms with Gasteiger partial charge in [0.15, 0.2) is 0 Å². The molecule has 0 aliphatic carbocycles. The van der Waals surface area contributed by atoms with Crippen LogP contribution in [0.1, 0.15) is 25.6 Å². The minimum absolute atomic E-state index is 0.318. The van der Waals surface area contributed by atoms with E-state index in [0.717, 1.165) is 0 Å². The lowest BCUT2D eigenvalue weighted by Gasteiger charge is -2.14. The summed E-state index contributed by atoms with van der Waals surface area (Å²) in [5.41, 5.74) is -0.318. The van der Waals surface area contributed by atoms with Crippen molar-refractivity contribution in [3.05, 3.63) is 22.4 Å². The molecule has 0 aromatic carbocycles. The number of hydrogen-bond acceptors (Lipinski definition) is 3. The van der Waals surface area contributed by atoms with E-state index in [9.17, 15) is 4.79 Å². The molecule has 0 atom stereocenters. The molecule has 74 valence electrons. The van der Waals surface area contributed by atoms with Crippen molar-refractivity contribution in [3.63, 3.8) is 0 Å². The van der Waals surface area contributed by atoms with Gasteiger partial charge in [-0.15, -0.1) is 11.3 Å². The molecule has 1 aromatic rings. The molecule has 0 saturated carbocycles. The fraction of sp³-hybridized carbons (Fsp3) is 0.500. The van der Waals surface area contributed by atoms with Crippen LogP contribution in [0, 0.1) is 6.92 Å². The monoisotopic (exact) mass is 200 g/mol. The molecule has 0 radical (unpaired) electrons. The number of thiophene rings is 1. The average molecular weight is 200 g/mol. The van der Waals surface area contributed by atoms with Crippen molar-refractivity contribution in [1.29, 1.82) is 0 Å². The van der Waals surface area contributed by atoms with Crippen molar-refractivity contribution >= 4 is 17.8 Å². The highest BCUT2D eigenvalue weighted by atomic mass is 32.1. The number of hydrogen-bond donors (Lipinski definition) is 0. The van der Waals surface area contributed by atoms with Crippen molar-refractivity contribution in [2.75, 3.05) is 0 Å². The molecule has 0 fully saturated rings. The first-order valence-electron chi connectivity index (χ1n) is 4.07. The Bertz CT molecular complexity index is 222. The Morgan fingerprint density at radius 2 is 2.08 bits per heavy atom. The molecular formula is C10H16O2S. The first-order chi connectivity index (χ1) is 5.95. The number of rotatable bonds is 1. The largest absolute Gasteiger partial charge is 0.462 e. The molecule has 0 amide bonds. The highest BCUT2D eigenvalue weighted by Gasteiger charge is 2.07. The summed E-state index contributed by atoms with van der Waals surface area (Å²) in [7, 11) is 0. The second-order valence-corrected chi connectivity index (χ2v) is 4.70. The number of aryl methyl sites for hydroxylation is 1. The maximum atomic E-state index is 9.60. The fourth-order valence-corrected chi connectivity index (χ4v) is 1.03. The molecule has 0 spiro atoms. The summed E-state index contributed by atoms with van der Waals surface area (Å²) in [6.45, 7) is 8.02. The number of carbonyl (C=O) groups excluding carboxylic acids is 1. The summed E-state index contributed by atoms with van der Waals surface area (Å²) in [5.74, 6) is 0. The lowest BCUT2D eigenvalue weighted by molar-refractivity contribution is -0.138. The van der Waals surface area contributed by atoms with Gasteiger partial charge >= 0.3 is 0 Å². The summed E-state index contributed by atoms with van der Waals surface area (Å²) < 4.78 is 4.55. The van der Waals surface area contributed by atoms with Crippen LogP contribution < -0.4 is 0 Å². The fourth-order valence-electron chi connectivity index (χ4n) is 0.505. The van der Waals surface area contributed by atoms with Crippen molar-refractivity contribution in [2.45, 2.75) is 33.3 Å². The van der Waals surface area contributed by atoms with Crippen LogP contribution in [0.5, 0.6) is 0 Å². The van der Waals surface area contributed by atoms with Crippen molar-refractivity contribution in [2.24, 2.45) is 0 Å². The van der Waals surface area contributed by atoms with Crippen molar-refractivity contribution in [1.82, 2.24) is 0 Å². The van der Waals surface area contributed by atoms with E-state index in [1.165, 1.54) is 4.88 Å². The smallest absolute Gasteiger partial charge is 0.293 e. The topological polar surface area (TPSA) is 26.3 Å². The Balaban J connectivity index is 0.000000223. The molecule has 1 aromatic heterocycles. The normalized spacial score (nSPS) is 9.85. The first kappa shape index (κ1) is 12.2. The van der Waals surface area contributed by atoms with Gasteiger partial charge in [0.1, 0.15) is 5.60 Å². The molecule has 0 saturated heterocycles. The predicted molar refractivity (Wildman–Crippen MR) is 56.0 cm³/mol. The zero-order valence-electron chi connectivity index (χ0n) is 8.53. The van der Waals surface area contributed by atoms with E-state index in [1.54, 1.807) is 11.3 Å². The minimum atomic E-state index is -0.318. The molecule has 2 nitrogen and oxygen atoms in total. The molecule has 0 aliphatic heterocycles. The van der Waals surface area contributed by atoms with Gasteiger partial charge in [-0.1, -0.05) is 6.07 Å². The van der Waals surface area contributed by atoms with Gasteiger partial charge in [0.05, 0.1) is 0 Å². The molecule has 0 bridgehead atoms. The Hall–Kier alpha value is -0.830. The van der Waals surface area contributed by atoms with Crippen LogP contribution in [0.15, 0.2) is 17.5 Å². The van der Waals surface area contributed by atoms with E-state index in [2.05, 4.69) is 29.2 Å². The average Bonchev–Trinajstić information content (AvgIpc) is 2.38. The highest BCUT2D eigenvalue weighted by Crippen LogP contribution is 2.03. The highest BCUT2D eigenvalue weighted by molar-refractivity contribution is 7.09. The third-order valence-electron chi connectivity index (χ3n) is 1.07. The minimum Gasteiger partial charge on any atom is -0.462 e. The van der Waals surface area contributed by atoms with Gasteiger partial charge in [-0.2, -0.15) is 0 Å². The van der Waals surface area contributed by atoms with E-state index in [-0.39, 0.29) is 5.60 Å². The standard InChI is InChI=1S/C5H10O2.C5H6S/c1-5(2,3)7-4-6;1-5-3-2-4-6-5/h4H,1-3H3;2-4H,1H3. The van der Waals surface area contributed by atoms with Gasteiger partial charge < -0.3 is 4.74 Å². The quantitative estimate of drug-likeness (QED) is 0.651. The molecular weight excluding hydrogens is 184 g/mol. The van der Waals surface area contributed by atoms with E-state index in [4.69, 9.17) is 0 Å². The van der Waals surface area contributed by atoms with E-state index < -0.39 is 0 Å². The maximum absolute atomic E-state index is 9.60. The lowest BCUT2D eigenvalue weighted by atomic mass is 10.2. The van der Waals surface area contributed by atoms with E-state index in [0.29, 0.717) is 6.47 Å². The summed E-state index contributed by atoms with van der Waals surface area (Å²) in [6, 6.07) is 4.16. The number of carbonyl (C=O) groups is 1. The third-order valence-corrected chi connectivity index (χ3v) is 1.87. The summed E-state index contributed by atoms with van der Waals surface area (Å²) >= 11 is 1.78. The van der Waals surface area contributed by atoms with Crippen LogP contribution in [0.2, 0.25) is 0 Å². The zero-order valence-corrected chi connectivity index (χ0v) is 9.35. The van der Waals surface area contributed by atoms with Crippen LogP contribution in [-0.4, -0.2) is 12.1 Å². The van der Waals surface area contributed by atoms with Gasteiger partial charge in [0.2, 0.25) is 0 Å². The van der Waals surface area contributed by atoms with Crippen molar-refractivity contribution in [3.8, 4) is 0 Å². The Morgan fingerprint density at radius 3 is 2.15 bits per heavy atom. The van der Waals surface area contributed by atoms with Gasteiger partial charge in [0, 0.05) is 4.88 Å². The second kappa shape index (κ2) is 5.75. The lowest BCUT2D eigenvalue weighted by Crippen LogP contribution is -2.17. The number of ether oxygens (including phenoxy) is 1. The molecule has 0 unspecified atom stereocenters. The first-order valence-corrected chi connectivity index (χ1v) is 4.95. The van der Waals surface area contributed by atoms with Crippen LogP contribution in [0.3, 0.4) is 0 Å². The second-order valence-electron chi connectivity index (χ2n) is 3.55. The zero-order chi connectivity index (χ0) is 10.3. The van der Waals surface area contributed by atoms with Crippen LogP contribution in [0.4, 0.5) is 0 Å². The summed E-state index contributed by atoms with van der Waals surface area (Å²) in [6.07, 6.45) is 0. The van der Waals surface area contributed by atoms with Gasteiger partial charge in [-0.25, -0.2) is 0 Å². The molecule has 13 heavy (non-hydrogen) atoms. The van der Waals surface area contributed by atoms with E-state index >= 15 is 0 Å². The van der Waals surface area contributed by atoms with Crippen LogP contribution >= 0.6 is 11.3 Å². The molecule has 1 rings (SSSR count). The molecule has 3 heteroatoms. The van der Waals surface area contributed by atoms with Crippen LogP contribution in [-0.2, 0) is 9.53 Å². The van der Waals surface area contributed by atoms with E-state index in [1.807, 2.05) is 20.8 Å². The summed E-state index contributed by atoms with van der Waals surface area (Å²) in [4.78, 5) is 11.0. The third kappa shape index (κ3) is 9.08. The van der Waals surface area contributed by atoms with Gasteiger partial charge in [-0.3, -0.25) is 4.79 Å². The van der Waals surface area contributed by atoms with Crippen LogP contribution in [0.25, 0.3) is 0 Å². The maximum Gasteiger partial charge on any atom is 0.293 e. The Labute approximate surface area is 83.5 Å². The van der Waals surface area contributed by atoms with Gasteiger partial charge in [-0.05, 0) is 39.1 Å². The molecule has 1 heterocycles. The molecule has 0 N–H and O–H groups in total. The Kier molecular flexibility index (Phi) is 5.39. The van der Waals surface area contributed by atoms with Gasteiger partial charge in [0.25, 0.3) is 6.47 Å².